The lowest BCUT2D eigenvalue weighted by molar-refractivity contribution is 0.286. The van der Waals surface area contributed by atoms with Crippen molar-refractivity contribution < 1.29 is 9.13 Å². The molecule has 20 heavy (non-hydrogen) atoms. The molecule has 0 amide bonds. The minimum Gasteiger partial charge on any atom is -0.485 e. The van der Waals surface area contributed by atoms with E-state index in [1.807, 2.05) is 6.92 Å². The van der Waals surface area contributed by atoms with Crippen LogP contribution in [0.15, 0.2) is 24.5 Å². The minimum atomic E-state index is -0.402. The van der Waals surface area contributed by atoms with E-state index in [9.17, 15) is 4.39 Å². The van der Waals surface area contributed by atoms with Gasteiger partial charge < -0.3 is 10.5 Å². The first kappa shape index (κ1) is 14.0. The van der Waals surface area contributed by atoms with Gasteiger partial charge in [-0.3, -0.25) is 0 Å². The van der Waals surface area contributed by atoms with Crippen LogP contribution in [0.5, 0.6) is 5.75 Å². The molecule has 0 saturated carbocycles. The molecule has 0 aliphatic rings. The van der Waals surface area contributed by atoms with Crippen molar-refractivity contribution in [2.75, 3.05) is 6.54 Å². The zero-order valence-electron chi connectivity index (χ0n) is 11.1. The van der Waals surface area contributed by atoms with Crippen molar-refractivity contribution in [3.05, 3.63) is 41.7 Å². The number of benzene rings is 1. The number of hydrogen-bond donors (Lipinski definition) is 1. The summed E-state index contributed by atoms with van der Waals surface area (Å²) < 4.78 is 20.7. The molecule has 0 spiro atoms. The Balaban J connectivity index is 2.11. The van der Waals surface area contributed by atoms with E-state index in [1.54, 1.807) is 10.7 Å². The van der Waals surface area contributed by atoms with E-state index in [0.29, 0.717) is 23.7 Å². The van der Waals surface area contributed by atoms with Gasteiger partial charge in [-0.15, -0.1) is 0 Å². The molecule has 0 radical (unpaired) electrons. The molecule has 0 atom stereocenters. The maximum atomic E-state index is 13.5. The lowest BCUT2D eigenvalue weighted by Crippen LogP contribution is -2.07. The number of nitrogens with two attached hydrogens (primary N) is 1. The molecule has 0 fully saturated rings. The third-order valence-corrected chi connectivity index (χ3v) is 2.57. The zero-order chi connectivity index (χ0) is 14.4. The molecule has 0 aliphatic carbocycles. The van der Waals surface area contributed by atoms with E-state index in [1.165, 1.54) is 18.5 Å². The summed E-state index contributed by atoms with van der Waals surface area (Å²) in [7, 11) is 0. The van der Waals surface area contributed by atoms with Gasteiger partial charge in [0.15, 0.2) is 5.82 Å². The van der Waals surface area contributed by atoms with Crippen LogP contribution in [0, 0.1) is 17.7 Å². The summed E-state index contributed by atoms with van der Waals surface area (Å²) in [6, 6.07) is 4.31. The fourth-order valence-corrected chi connectivity index (χ4v) is 1.68. The van der Waals surface area contributed by atoms with Gasteiger partial charge >= 0.3 is 0 Å². The number of hydrogen-bond acceptors (Lipinski definition) is 4. The fourth-order valence-electron chi connectivity index (χ4n) is 1.68. The second-order valence-electron chi connectivity index (χ2n) is 3.96. The average molecular weight is 274 g/mol. The minimum absolute atomic E-state index is 0.223. The van der Waals surface area contributed by atoms with Gasteiger partial charge in [-0.1, -0.05) is 11.8 Å². The van der Waals surface area contributed by atoms with Crippen molar-refractivity contribution in [1.82, 2.24) is 14.8 Å². The maximum absolute atomic E-state index is 13.5. The van der Waals surface area contributed by atoms with Crippen LogP contribution in [-0.4, -0.2) is 21.3 Å². The van der Waals surface area contributed by atoms with Crippen molar-refractivity contribution in [3.63, 3.8) is 0 Å². The third-order valence-electron chi connectivity index (χ3n) is 2.57. The summed E-state index contributed by atoms with van der Waals surface area (Å²) in [5.74, 6) is 6.13. The first-order valence-corrected chi connectivity index (χ1v) is 6.22. The molecule has 2 aromatic rings. The van der Waals surface area contributed by atoms with Crippen molar-refractivity contribution in [2.24, 2.45) is 5.73 Å². The summed E-state index contributed by atoms with van der Waals surface area (Å²) >= 11 is 0. The molecule has 0 aliphatic heterocycles. The highest BCUT2D eigenvalue weighted by molar-refractivity contribution is 5.40. The van der Waals surface area contributed by atoms with Crippen LogP contribution >= 0.6 is 0 Å². The van der Waals surface area contributed by atoms with Gasteiger partial charge in [0.2, 0.25) is 0 Å². The zero-order valence-corrected chi connectivity index (χ0v) is 11.1. The normalized spacial score (nSPS) is 9.95. The highest BCUT2D eigenvalue weighted by Crippen LogP contribution is 2.17. The molecule has 1 heterocycles. The number of halogens is 1. The van der Waals surface area contributed by atoms with Gasteiger partial charge in [-0.05, 0) is 19.1 Å². The van der Waals surface area contributed by atoms with E-state index in [2.05, 4.69) is 21.9 Å². The Labute approximate surface area is 116 Å². The van der Waals surface area contributed by atoms with Crippen LogP contribution in [0.25, 0.3) is 0 Å². The van der Waals surface area contributed by atoms with E-state index in [4.69, 9.17) is 10.5 Å². The highest BCUT2D eigenvalue weighted by atomic mass is 19.1. The van der Waals surface area contributed by atoms with Gasteiger partial charge in [0.1, 0.15) is 24.5 Å². The average Bonchev–Trinajstić information content (AvgIpc) is 2.90. The van der Waals surface area contributed by atoms with Gasteiger partial charge in [0, 0.05) is 18.2 Å². The number of aryl methyl sites for hydroxylation is 1. The monoisotopic (exact) mass is 274 g/mol. The van der Waals surface area contributed by atoms with Crippen LogP contribution in [0.3, 0.4) is 0 Å². The van der Waals surface area contributed by atoms with Crippen LogP contribution in [-0.2, 0) is 13.2 Å². The first-order valence-electron chi connectivity index (χ1n) is 6.22. The quantitative estimate of drug-likeness (QED) is 0.854. The smallest absolute Gasteiger partial charge is 0.164 e. The molecule has 0 bridgehead atoms. The predicted octanol–water partition coefficient (Wildman–Crippen LogP) is 1.33. The van der Waals surface area contributed by atoms with Gasteiger partial charge in [-0.2, -0.15) is 5.10 Å². The molecular weight excluding hydrogens is 259 g/mol. The third kappa shape index (κ3) is 3.56. The Bertz CT molecular complexity index is 642. The van der Waals surface area contributed by atoms with E-state index in [-0.39, 0.29) is 13.2 Å². The second-order valence-corrected chi connectivity index (χ2v) is 3.96. The number of ether oxygens (including phenoxy) is 1. The summed E-state index contributed by atoms with van der Waals surface area (Å²) in [5, 5.41) is 4.04. The Morgan fingerprint density at radius 3 is 3.00 bits per heavy atom. The van der Waals surface area contributed by atoms with E-state index >= 15 is 0 Å². The lowest BCUT2D eigenvalue weighted by atomic mass is 10.2. The largest absolute Gasteiger partial charge is 0.485 e. The van der Waals surface area contributed by atoms with E-state index in [0.717, 1.165) is 0 Å². The molecule has 6 heteroatoms. The van der Waals surface area contributed by atoms with Crippen LogP contribution < -0.4 is 10.5 Å². The summed E-state index contributed by atoms with van der Waals surface area (Å²) in [4.78, 5) is 4.09. The van der Waals surface area contributed by atoms with Crippen molar-refractivity contribution in [3.8, 4) is 17.6 Å². The van der Waals surface area contributed by atoms with Crippen LogP contribution in [0.2, 0.25) is 0 Å². The Kier molecular flexibility index (Phi) is 4.69. The first-order chi connectivity index (χ1) is 9.72. The Hall–Kier alpha value is -2.39. The molecule has 1 aromatic heterocycles. The fraction of sp³-hybridized carbons (Fsp3) is 0.286. The van der Waals surface area contributed by atoms with Crippen LogP contribution in [0.4, 0.5) is 4.39 Å². The lowest BCUT2D eigenvalue weighted by Gasteiger charge is -2.07. The Morgan fingerprint density at radius 1 is 1.40 bits per heavy atom. The van der Waals surface area contributed by atoms with E-state index < -0.39 is 5.82 Å². The van der Waals surface area contributed by atoms with Gasteiger partial charge in [-0.25, -0.2) is 14.1 Å². The molecule has 104 valence electrons. The molecule has 0 saturated heterocycles. The Morgan fingerprint density at radius 2 is 2.25 bits per heavy atom. The molecule has 5 nitrogen and oxygen atoms in total. The number of nitrogens with zero attached hydrogens (tertiary/aromatic N) is 3. The SMILES string of the molecule is CCn1ncnc1COc1cc(F)cc(C#CCN)c1. The maximum Gasteiger partial charge on any atom is 0.164 e. The van der Waals surface area contributed by atoms with Crippen molar-refractivity contribution >= 4 is 0 Å². The predicted molar refractivity (Wildman–Crippen MR) is 72.4 cm³/mol. The molecule has 2 N–H and O–H groups in total. The molecule has 2 rings (SSSR count). The molecule has 0 unspecified atom stereocenters. The number of aromatic nitrogens is 3. The molecule has 1 aromatic carbocycles. The van der Waals surface area contributed by atoms with Gasteiger partial charge in [0.25, 0.3) is 0 Å². The summed E-state index contributed by atoms with van der Waals surface area (Å²) in [5.41, 5.74) is 5.82. The van der Waals surface area contributed by atoms with Gasteiger partial charge in [0.05, 0.1) is 6.54 Å². The summed E-state index contributed by atoms with van der Waals surface area (Å²) in [6.07, 6.45) is 1.46. The topological polar surface area (TPSA) is 66.0 Å². The highest BCUT2D eigenvalue weighted by Gasteiger charge is 2.05. The second kappa shape index (κ2) is 6.68. The van der Waals surface area contributed by atoms with Crippen LogP contribution in [0.1, 0.15) is 18.3 Å². The van der Waals surface area contributed by atoms with Crippen molar-refractivity contribution in [1.29, 1.82) is 0 Å². The van der Waals surface area contributed by atoms with Crippen molar-refractivity contribution in [2.45, 2.75) is 20.1 Å². The summed E-state index contributed by atoms with van der Waals surface area (Å²) in [6.45, 7) is 3.11. The standard InChI is InChI=1S/C14H15FN4O/c1-2-19-14(17-10-18-19)9-20-13-7-11(4-3-5-16)6-12(15)8-13/h6-8,10H,2,5,9,16H2,1H3. The molecular formula is C14H15FN4O. The number of rotatable bonds is 4.